The van der Waals surface area contributed by atoms with Crippen molar-refractivity contribution in [3.63, 3.8) is 0 Å². The molecule has 0 atom stereocenters. The highest BCUT2D eigenvalue weighted by molar-refractivity contribution is 5.98. The molecule has 2 heterocycles. The summed E-state index contributed by atoms with van der Waals surface area (Å²) < 4.78 is 5.98. The Balaban J connectivity index is 1.77. The number of aromatic nitrogens is 1. The second-order valence-electron chi connectivity index (χ2n) is 5.68. The summed E-state index contributed by atoms with van der Waals surface area (Å²) in [5, 5.41) is 1.10. The van der Waals surface area contributed by atoms with E-state index >= 15 is 0 Å². The molecule has 2 aromatic rings. The molecule has 108 valence electrons. The lowest BCUT2D eigenvalue weighted by Crippen LogP contribution is -2.25. The van der Waals surface area contributed by atoms with Crippen molar-refractivity contribution in [2.24, 2.45) is 0 Å². The van der Waals surface area contributed by atoms with E-state index in [4.69, 9.17) is 10.5 Å². The first-order valence-electron chi connectivity index (χ1n) is 7.39. The zero-order chi connectivity index (χ0) is 14.1. The molecular weight excluding hydrogens is 250 g/mol. The van der Waals surface area contributed by atoms with Crippen LogP contribution in [0, 0.1) is 13.8 Å². The van der Waals surface area contributed by atoms with Crippen LogP contribution in [0.5, 0.6) is 5.75 Å². The van der Waals surface area contributed by atoms with Crippen LogP contribution in [0.25, 0.3) is 10.9 Å². The zero-order valence-corrected chi connectivity index (χ0v) is 12.3. The quantitative estimate of drug-likeness (QED) is 0.842. The predicted molar refractivity (Wildman–Crippen MR) is 83.4 cm³/mol. The minimum absolute atomic E-state index is 0.732. The Labute approximate surface area is 119 Å². The van der Waals surface area contributed by atoms with Crippen molar-refractivity contribution in [3.8, 4) is 5.75 Å². The summed E-state index contributed by atoms with van der Waals surface area (Å²) in [7, 11) is 0. The van der Waals surface area contributed by atoms with E-state index in [0.717, 1.165) is 41.2 Å². The SMILES string of the molecule is Cc1[nH]c2c(OCCN3CCCC3)ccc(N)c2c1C. The van der Waals surface area contributed by atoms with Crippen LogP contribution in [-0.4, -0.2) is 36.1 Å². The first-order valence-corrected chi connectivity index (χ1v) is 7.39. The number of benzene rings is 1. The minimum Gasteiger partial charge on any atom is -0.490 e. The van der Waals surface area contributed by atoms with E-state index in [1.165, 1.54) is 31.5 Å². The lowest BCUT2D eigenvalue weighted by molar-refractivity contribution is 0.239. The van der Waals surface area contributed by atoms with Gasteiger partial charge in [-0.2, -0.15) is 0 Å². The highest BCUT2D eigenvalue weighted by atomic mass is 16.5. The van der Waals surface area contributed by atoms with Crippen molar-refractivity contribution in [1.82, 2.24) is 9.88 Å². The van der Waals surface area contributed by atoms with Crippen LogP contribution in [0.3, 0.4) is 0 Å². The summed E-state index contributed by atoms with van der Waals surface area (Å²) in [6.07, 6.45) is 2.64. The fourth-order valence-electron chi connectivity index (χ4n) is 3.01. The average Bonchev–Trinajstić information content (AvgIpc) is 3.03. The van der Waals surface area contributed by atoms with Crippen LogP contribution in [0.15, 0.2) is 12.1 Å². The molecule has 3 N–H and O–H groups in total. The number of nitrogen functional groups attached to an aromatic ring is 1. The van der Waals surface area contributed by atoms with Crippen molar-refractivity contribution >= 4 is 16.6 Å². The Morgan fingerprint density at radius 3 is 2.75 bits per heavy atom. The van der Waals surface area contributed by atoms with Crippen LogP contribution < -0.4 is 10.5 Å². The first-order chi connectivity index (χ1) is 9.66. The molecule has 1 fully saturated rings. The smallest absolute Gasteiger partial charge is 0.143 e. The summed E-state index contributed by atoms with van der Waals surface area (Å²) >= 11 is 0. The third-order valence-corrected chi connectivity index (χ3v) is 4.31. The van der Waals surface area contributed by atoms with Crippen molar-refractivity contribution in [1.29, 1.82) is 0 Å². The molecule has 0 unspecified atom stereocenters. The highest BCUT2D eigenvalue weighted by Gasteiger charge is 2.14. The molecule has 0 bridgehead atoms. The molecule has 0 amide bonds. The largest absolute Gasteiger partial charge is 0.490 e. The number of ether oxygens (including phenoxy) is 1. The number of hydrogen-bond acceptors (Lipinski definition) is 3. The van der Waals surface area contributed by atoms with Crippen molar-refractivity contribution < 1.29 is 4.74 Å². The maximum absolute atomic E-state index is 6.08. The molecule has 0 aliphatic carbocycles. The number of fused-ring (bicyclic) bond motifs is 1. The number of rotatable bonds is 4. The van der Waals surface area contributed by atoms with Gasteiger partial charge >= 0.3 is 0 Å². The van der Waals surface area contributed by atoms with E-state index in [2.05, 4.69) is 23.7 Å². The number of aryl methyl sites for hydroxylation is 2. The Morgan fingerprint density at radius 1 is 1.25 bits per heavy atom. The number of anilines is 1. The summed E-state index contributed by atoms with van der Waals surface area (Å²) in [5.41, 5.74) is 10.3. The second-order valence-corrected chi connectivity index (χ2v) is 5.68. The van der Waals surface area contributed by atoms with Crippen LogP contribution in [0.1, 0.15) is 24.1 Å². The van der Waals surface area contributed by atoms with Gasteiger partial charge in [-0.15, -0.1) is 0 Å². The molecular formula is C16H23N3O. The van der Waals surface area contributed by atoms with E-state index in [0.29, 0.717) is 0 Å². The number of nitrogens with two attached hydrogens (primary N) is 1. The van der Waals surface area contributed by atoms with E-state index in [1.54, 1.807) is 0 Å². The van der Waals surface area contributed by atoms with Crippen LogP contribution >= 0.6 is 0 Å². The fraction of sp³-hybridized carbons (Fsp3) is 0.500. The number of nitrogens with one attached hydrogen (secondary N) is 1. The predicted octanol–water partition coefficient (Wildman–Crippen LogP) is 2.84. The Morgan fingerprint density at radius 2 is 2.00 bits per heavy atom. The lowest BCUT2D eigenvalue weighted by Gasteiger charge is -2.15. The van der Waals surface area contributed by atoms with E-state index in [-0.39, 0.29) is 0 Å². The summed E-state index contributed by atoms with van der Waals surface area (Å²) in [6.45, 7) is 8.32. The lowest BCUT2D eigenvalue weighted by atomic mass is 10.1. The van der Waals surface area contributed by atoms with E-state index < -0.39 is 0 Å². The monoisotopic (exact) mass is 273 g/mol. The van der Waals surface area contributed by atoms with Gasteiger partial charge < -0.3 is 15.5 Å². The van der Waals surface area contributed by atoms with Crippen LogP contribution in [-0.2, 0) is 0 Å². The van der Waals surface area contributed by atoms with Crippen molar-refractivity contribution in [3.05, 3.63) is 23.4 Å². The van der Waals surface area contributed by atoms with Gasteiger partial charge in [0, 0.05) is 23.3 Å². The van der Waals surface area contributed by atoms with Gasteiger partial charge in [-0.25, -0.2) is 0 Å². The van der Waals surface area contributed by atoms with E-state index in [9.17, 15) is 0 Å². The maximum Gasteiger partial charge on any atom is 0.143 e. The van der Waals surface area contributed by atoms with Gasteiger partial charge in [-0.1, -0.05) is 0 Å². The molecule has 1 aliphatic heterocycles. The van der Waals surface area contributed by atoms with Crippen molar-refractivity contribution in [2.45, 2.75) is 26.7 Å². The fourth-order valence-corrected chi connectivity index (χ4v) is 3.01. The highest BCUT2D eigenvalue weighted by Crippen LogP contribution is 2.33. The Bertz CT molecular complexity index is 612. The molecule has 3 rings (SSSR count). The Kier molecular flexibility index (Phi) is 3.57. The molecule has 4 heteroatoms. The van der Waals surface area contributed by atoms with Gasteiger partial charge in [0.2, 0.25) is 0 Å². The van der Waals surface area contributed by atoms with Gasteiger partial charge in [0.1, 0.15) is 12.4 Å². The zero-order valence-electron chi connectivity index (χ0n) is 12.3. The molecule has 0 saturated carbocycles. The minimum atomic E-state index is 0.732. The molecule has 1 aliphatic rings. The number of nitrogens with zero attached hydrogens (tertiary/aromatic N) is 1. The third-order valence-electron chi connectivity index (χ3n) is 4.31. The van der Waals surface area contributed by atoms with Gasteiger partial charge in [0.05, 0.1) is 5.52 Å². The molecule has 20 heavy (non-hydrogen) atoms. The summed E-state index contributed by atoms with van der Waals surface area (Å²) in [4.78, 5) is 5.85. The number of H-pyrrole nitrogens is 1. The summed E-state index contributed by atoms with van der Waals surface area (Å²) in [6, 6.07) is 3.91. The number of aromatic amines is 1. The first kappa shape index (κ1) is 13.3. The van der Waals surface area contributed by atoms with Gasteiger partial charge in [-0.05, 0) is 57.5 Å². The summed E-state index contributed by atoms with van der Waals surface area (Å²) in [5.74, 6) is 0.907. The molecule has 1 aromatic heterocycles. The third kappa shape index (κ3) is 2.36. The van der Waals surface area contributed by atoms with Crippen LogP contribution in [0.4, 0.5) is 5.69 Å². The molecule has 4 nitrogen and oxygen atoms in total. The average molecular weight is 273 g/mol. The van der Waals surface area contributed by atoms with Gasteiger partial charge in [-0.3, -0.25) is 4.90 Å². The molecule has 1 aromatic carbocycles. The van der Waals surface area contributed by atoms with Gasteiger partial charge in [0.15, 0.2) is 0 Å². The number of hydrogen-bond donors (Lipinski definition) is 2. The standard InChI is InChI=1S/C16H23N3O/c1-11-12(2)18-16-14(6-5-13(17)15(11)16)20-10-9-19-7-3-4-8-19/h5-6,18H,3-4,7-10,17H2,1-2H3. The normalized spacial score (nSPS) is 16.1. The van der Waals surface area contributed by atoms with Crippen LogP contribution in [0.2, 0.25) is 0 Å². The maximum atomic E-state index is 6.08. The molecule has 0 spiro atoms. The van der Waals surface area contributed by atoms with Gasteiger partial charge in [0.25, 0.3) is 0 Å². The molecule has 0 radical (unpaired) electrons. The Hall–Kier alpha value is -1.68. The number of likely N-dealkylation sites (tertiary alicyclic amines) is 1. The van der Waals surface area contributed by atoms with Crippen molar-refractivity contribution in [2.75, 3.05) is 32.0 Å². The molecule has 1 saturated heterocycles. The topological polar surface area (TPSA) is 54.3 Å². The van der Waals surface area contributed by atoms with E-state index in [1.807, 2.05) is 12.1 Å². The second kappa shape index (κ2) is 5.37.